The molecule has 0 aromatic heterocycles. The minimum absolute atomic E-state index is 0.0405. The third kappa shape index (κ3) is 5.63. The van der Waals surface area contributed by atoms with Gasteiger partial charge in [-0.3, -0.25) is 0 Å². The number of rotatable bonds is 11. The zero-order valence-corrected chi connectivity index (χ0v) is 21.8. The summed E-state index contributed by atoms with van der Waals surface area (Å²) in [7, 11) is -3.11. The lowest BCUT2D eigenvalue weighted by Crippen LogP contribution is -2.65. The smallest absolute Gasteiger partial charge is 0.258 e. The van der Waals surface area contributed by atoms with Gasteiger partial charge >= 0.3 is 0 Å². The maximum Gasteiger partial charge on any atom is 0.258 e. The Balaban J connectivity index is 1.92. The summed E-state index contributed by atoms with van der Waals surface area (Å²) in [5.74, 6) is 0.643. The molecule has 34 heavy (non-hydrogen) atoms. The number of aliphatic hydroxyl groups excluding tert-OH is 1. The molecule has 0 saturated heterocycles. The number of hydrogen-bond acceptors (Lipinski definition) is 4. The largest absolute Gasteiger partial charge is 0.515 e. The van der Waals surface area contributed by atoms with Crippen LogP contribution in [0.2, 0.25) is 5.04 Å². The Morgan fingerprint density at radius 3 is 2.12 bits per heavy atom. The van der Waals surface area contributed by atoms with Crippen molar-refractivity contribution >= 4 is 18.7 Å². The van der Waals surface area contributed by atoms with Gasteiger partial charge in [-0.05, 0) is 58.8 Å². The quantitative estimate of drug-likeness (QED) is 0.198. The fourth-order valence-electron chi connectivity index (χ4n) is 5.74. The van der Waals surface area contributed by atoms with E-state index >= 15 is 0 Å². The second-order valence-electron chi connectivity index (χ2n) is 10.3. The van der Waals surface area contributed by atoms with Crippen LogP contribution >= 0.6 is 0 Å². The lowest BCUT2D eigenvalue weighted by molar-refractivity contribution is 0.0794. The van der Waals surface area contributed by atoms with Crippen LogP contribution in [0.15, 0.2) is 72.5 Å². The second kappa shape index (κ2) is 11.8. The number of ether oxygens (including phenoxy) is 1. The van der Waals surface area contributed by atoms with E-state index in [4.69, 9.17) is 4.74 Å². The van der Waals surface area contributed by atoms with Crippen LogP contribution in [-0.2, 0) is 4.74 Å². The molecular formula is C29H39NO3Si. The molecule has 4 nitrogen and oxygen atoms in total. The van der Waals surface area contributed by atoms with Crippen LogP contribution in [0.5, 0.6) is 0 Å². The molecule has 182 valence electrons. The van der Waals surface area contributed by atoms with Crippen LogP contribution < -0.4 is 10.4 Å². The molecule has 1 aliphatic carbocycles. The molecule has 3 rings (SSSR count). The summed E-state index contributed by atoms with van der Waals surface area (Å²) in [5, 5.41) is 20.8. The number of nitriles is 1. The van der Waals surface area contributed by atoms with E-state index in [1.165, 1.54) is 0 Å². The number of unbranched alkanes of at least 4 members (excludes halogenated alkanes) is 1. The molecule has 1 saturated carbocycles. The van der Waals surface area contributed by atoms with Crippen LogP contribution in [-0.4, -0.2) is 31.4 Å². The molecule has 2 aromatic rings. The van der Waals surface area contributed by atoms with Crippen molar-refractivity contribution in [2.75, 3.05) is 13.2 Å². The Morgan fingerprint density at radius 2 is 1.62 bits per heavy atom. The van der Waals surface area contributed by atoms with Gasteiger partial charge in [-0.25, -0.2) is 0 Å². The van der Waals surface area contributed by atoms with Gasteiger partial charge in [-0.15, -0.1) is 0 Å². The van der Waals surface area contributed by atoms with Crippen molar-refractivity contribution in [3.8, 4) is 6.07 Å². The van der Waals surface area contributed by atoms with E-state index in [9.17, 15) is 15.2 Å². The number of benzene rings is 2. The van der Waals surface area contributed by atoms with E-state index in [2.05, 4.69) is 51.1 Å². The molecule has 0 heterocycles. The van der Waals surface area contributed by atoms with Gasteiger partial charge in [0.1, 0.15) is 0 Å². The molecule has 5 heteroatoms. The first-order chi connectivity index (χ1) is 16.4. The maximum absolute atomic E-state index is 12.5. The summed E-state index contributed by atoms with van der Waals surface area (Å²) in [6, 6.07) is 22.4. The summed E-state index contributed by atoms with van der Waals surface area (Å²) in [4.78, 5) is 12.5. The monoisotopic (exact) mass is 477 g/mol. The molecule has 0 spiro atoms. The molecular weight excluding hydrogens is 438 g/mol. The summed E-state index contributed by atoms with van der Waals surface area (Å²) >= 11 is 0. The van der Waals surface area contributed by atoms with Crippen molar-refractivity contribution in [3.63, 3.8) is 0 Å². The van der Waals surface area contributed by atoms with Gasteiger partial charge in [-0.2, -0.15) is 5.26 Å². The van der Waals surface area contributed by atoms with Crippen molar-refractivity contribution in [2.45, 2.75) is 57.9 Å². The summed E-state index contributed by atoms with van der Waals surface area (Å²) < 4.78 is 6.04. The van der Waals surface area contributed by atoms with Crippen LogP contribution in [0, 0.1) is 29.1 Å². The first-order valence-electron chi connectivity index (χ1n) is 12.5. The number of aliphatic hydroxyl groups is 1. The van der Waals surface area contributed by atoms with E-state index in [0.717, 1.165) is 55.3 Å². The maximum atomic E-state index is 12.5. The second-order valence-corrected chi connectivity index (χ2v) is 14.3. The first-order valence-corrected chi connectivity index (χ1v) is 14.5. The normalized spacial score (nSPS) is 21.4. The lowest BCUT2D eigenvalue weighted by atomic mass is 9.87. The Bertz CT molecular complexity index is 928. The fraction of sp³-hybridized carbons (Fsp3) is 0.483. The molecule has 1 fully saturated rings. The van der Waals surface area contributed by atoms with Gasteiger partial charge in [-0.1, -0.05) is 87.9 Å². The van der Waals surface area contributed by atoms with Crippen molar-refractivity contribution in [2.24, 2.45) is 17.8 Å². The molecule has 0 bridgehead atoms. The number of allylic oxidation sites excluding steroid dienone is 1. The Kier molecular flexibility index (Phi) is 9.13. The van der Waals surface area contributed by atoms with Crippen LogP contribution in [0.4, 0.5) is 0 Å². The minimum atomic E-state index is -3.11. The van der Waals surface area contributed by atoms with Gasteiger partial charge in [0.15, 0.2) is 0 Å². The third-order valence-corrected chi connectivity index (χ3v) is 12.2. The first kappa shape index (κ1) is 26.2. The highest BCUT2D eigenvalue weighted by Crippen LogP contribution is 2.50. The predicted molar refractivity (Wildman–Crippen MR) is 141 cm³/mol. The Labute approximate surface area is 206 Å². The Hall–Kier alpha value is -2.39. The van der Waals surface area contributed by atoms with Gasteiger partial charge in [0, 0.05) is 13.2 Å². The molecule has 0 radical (unpaired) electrons. The van der Waals surface area contributed by atoms with Crippen molar-refractivity contribution in [1.82, 2.24) is 0 Å². The lowest BCUT2D eigenvalue weighted by Gasteiger charge is -2.43. The third-order valence-electron chi connectivity index (χ3n) is 7.66. The summed E-state index contributed by atoms with van der Waals surface area (Å²) in [6.45, 7) is 7.98. The molecule has 1 aliphatic rings. The highest BCUT2D eigenvalue weighted by Gasteiger charge is 2.52. The topological polar surface area (TPSA) is 73.5 Å². The van der Waals surface area contributed by atoms with Gasteiger partial charge < -0.3 is 14.6 Å². The molecule has 0 aliphatic heterocycles. The summed E-state index contributed by atoms with van der Waals surface area (Å²) in [5.41, 5.74) is 0.456. The zero-order valence-electron chi connectivity index (χ0n) is 20.8. The number of nitrogens with zero attached hydrogens (tertiary/aromatic N) is 1. The van der Waals surface area contributed by atoms with Gasteiger partial charge in [0.25, 0.3) is 8.32 Å². The predicted octanol–water partition coefficient (Wildman–Crippen LogP) is 5.33. The fourth-order valence-corrected chi connectivity index (χ4v) is 9.54. The van der Waals surface area contributed by atoms with Crippen molar-refractivity contribution < 1.29 is 14.6 Å². The molecule has 2 N–H and O–H groups in total. The zero-order chi connectivity index (χ0) is 24.6. The van der Waals surface area contributed by atoms with E-state index in [1.54, 1.807) is 0 Å². The van der Waals surface area contributed by atoms with E-state index in [0.29, 0.717) is 24.0 Å². The highest BCUT2D eigenvalue weighted by atomic mass is 28.4. The van der Waals surface area contributed by atoms with Crippen LogP contribution in [0.3, 0.4) is 0 Å². The molecule has 3 atom stereocenters. The van der Waals surface area contributed by atoms with Gasteiger partial charge in [0.05, 0.1) is 17.9 Å². The van der Waals surface area contributed by atoms with E-state index in [-0.39, 0.29) is 11.0 Å². The van der Waals surface area contributed by atoms with Crippen molar-refractivity contribution in [3.05, 3.63) is 72.5 Å². The van der Waals surface area contributed by atoms with E-state index in [1.807, 2.05) is 36.4 Å². The average Bonchev–Trinajstić information content (AvgIpc) is 3.24. The van der Waals surface area contributed by atoms with Gasteiger partial charge in [0.2, 0.25) is 0 Å². The standard InChI is InChI=1S/C29H39NO3Si/c1-4-5-16-33-22-25-18-23(26(20-30)21-31)17-24(25)19-29(2,3)34(32,27-12-8-6-9-13-27)28-14-10-7-11-15-28/h6-15,21,23-25,31-32H,4-5,16-19,22H2,1-3H3/t23?,24-,25-/m0/s1. The summed E-state index contributed by atoms with van der Waals surface area (Å²) in [6.07, 6.45) is 5.63. The minimum Gasteiger partial charge on any atom is -0.515 e. The molecule has 1 unspecified atom stereocenters. The van der Waals surface area contributed by atoms with Crippen LogP contribution in [0.25, 0.3) is 0 Å². The SMILES string of the molecule is CCCCOC[C@@H]1CC(C(C#N)=CO)C[C@H]1CC(C)(C)[Si](O)(c1ccccc1)c1ccccc1. The molecule has 0 amide bonds. The number of hydrogen-bond donors (Lipinski definition) is 2. The highest BCUT2D eigenvalue weighted by molar-refractivity contribution is 6.98. The Morgan fingerprint density at radius 1 is 1.06 bits per heavy atom. The average molecular weight is 478 g/mol. The van der Waals surface area contributed by atoms with E-state index < -0.39 is 8.32 Å². The van der Waals surface area contributed by atoms with Crippen molar-refractivity contribution in [1.29, 1.82) is 5.26 Å². The molecule has 2 aromatic carbocycles. The van der Waals surface area contributed by atoms with Crippen LogP contribution in [0.1, 0.15) is 52.9 Å².